The summed E-state index contributed by atoms with van der Waals surface area (Å²) in [5.74, 6) is -1.23. The number of carbonyl (C=O) groups is 1. The predicted octanol–water partition coefficient (Wildman–Crippen LogP) is 5.12. The van der Waals surface area contributed by atoms with Crippen molar-refractivity contribution in [1.29, 1.82) is 0 Å². The molecule has 0 heterocycles. The van der Waals surface area contributed by atoms with Crippen LogP contribution >= 0.6 is 0 Å². The topological polar surface area (TPSA) is 75.3 Å². The number of amides is 1. The van der Waals surface area contributed by atoms with Gasteiger partial charge in [-0.25, -0.2) is 17.2 Å². The number of hydrogen-bond donors (Lipinski definition) is 2. The van der Waals surface area contributed by atoms with Gasteiger partial charge in [0.25, 0.3) is 5.91 Å². The quantitative estimate of drug-likeness (QED) is 0.567. The Labute approximate surface area is 189 Å². The van der Waals surface area contributed by atoms with Crippen molar-refractivity contribution in [2.24, 2.45) is 0 Å². The Morgan fingerprint density at radius 1 is 0.938 bits per heavy atom. The Hall–Kier alpha value is -2.48. The highest BCUT2D eigenvalue weighted by Crippen LogP contribution is 2.31. The molecule has 0 unspecified atom stereocenters. The van der Waals surface area contributed by atoms with Crippen LogP contribution in [-0.4, -0.2) is 26.6 Å². The molecule has 0 aromatic heterocycles. The number of hydrogen-bond acceptors (Lipinski definition) is 3. The molecule has 2 aromatic rings. The van der Waals surface area contributed by atoms with E-state index in [0.717, 1.165) is 0 Å². The average molecular weight is 467 g/mol. The SMILES string of the molecule is CCS(=O)(=O)Nc1ccc(F)c(C(C)(C)CCNC(=O)c2ccc(F)c(C(C)(C)C)c2)c1. The van der Waals surface area contributed by atoms with Crippen LogP contribution < -0.4 is 10.0 Å². The summed E-state index contributed by atoms with van der Waals surface area (Å²) in [7, 11) is -3.48. The Kier molecular flexibility index (Phi) is 7.71. The van der Waals surface area contributed by atoms with Gasteiger partial charge >= 0.3 is 0 Å². The maximum atomic E-state index is 14.5. The molecule has 0 saturated carbocycles. The zero-order valence-corrected chi connectivity index (χ0v) is 20.3. The van der Waals surface area contributed by atoms with Gasteiger partial charge in [0, 0.05) is 17.8 Å². The Morgan fingerprint density at radius 3 is 2.12 bits per heavy atom. The van der Waals surface area contributed by atoms with Crippen LogP contribution in [-0.2, 0) is 20.9 Å². The molecule has 2 N–H and O–H groups in total. The molecule has 2 rings (SSSR count). The number of sulfonamides is 1. The Bertz CT molecular complexity index is 1090. The smallest absolute Gasteiger partial charge is 0.251 e. The average Bonchev–Trinajstić information content (AvgIpc) is 2.68. The molecule has 2 aromatic carbocycles. The summed E-state index contributed by atoms with van der Waals surface area (Å²) < 4.78 is 54.7. The fourth-order valence-electron chi connectivity index (χ4n) is 3.33. The van der Waals surface area contributed by atoms with Gasteiger partial charge in [0.15, 0.2) is 0 Å². The largest absolute Gasteiger partial charge is 0.352 e. The van der Waals surface area contributed by atoms with E-state index in [-0.39, 0.29) is 24.0 Å². The molecule has 1 amide bonds. The minimum absolute atomic E-state index is 0.0878. The summed E-state index contributed by atoms with van der Waals surface area (Å²) in [5, 5.41) is 2.81. The molecule has 0 atom stereocenters. The highest BCUT2D eigenvalue weighted by atomic mass is 32.2. The van der Waals surface area contributed by atoms with Crippen LogP contribution in [0.2, 0.25) is 0 Å². The van der Waals surface area contributed by atoms with Crippen LogP contribution in [0.25, 0.3) is 0 Å². The van der Waals surface area contributed by atoms with Crippen molar-refractivity contribution >= 4 is 21.6 Å². The van der Waals surface area contributed by atoms with E-state index in [1.54, 1.807) is 6.07 Å². The number of carbonyl (C=O) groups excluding carboxylic acids is 1. The number of halogens is 2. The van der Waals surface area contributed by atoms with Crippen LogP contribution in [0.1, 0.15) is 69.4 Å². The fourth-order valence-corrected chi connectivity index (χ4v) is 3.96. The van der Waals surface area contributed by atoms with Gasteiger partial charge in [-0.2, -0.15) is 0 Å². The third-order valence-corrected chi connectivity index (χ3v) is 6.73. The van der Waals surface area contributed by atoms with E-state index in [0.29, 0.717) is 28.8 Å². The van der Waals surface area contributed by atoms with Crippen LogP contribution in [0.15, 0.2) is 36.4 Å². The number of benzene rings is 2. The number of rotatable bonds is 8. The molecule has 5 nitrogen and oxygen atoms in total. The maximum Gasteiger partial charge on any atom is 0.251 e. The predicted molar refractivity (Wildman–Crippen MR) is 125 cm³/mol. The van der Waals surface area contributed by atoms with Crippen molar-refractivity contribution in [2.45, 2.75) is 58.8 Å². The van der Waals surface area contributed by atoms with Crippen molar-refractivity contribution in [3.63, 3.8) is 0 Å². The van der Waals surface area contributed by atoms with Crippen LogP contribution in [0.5, 0.6) is 0 Å². The zero-order chi connectivity index (χ0) is 24.3. The highest BCUT2D eigenvalue weighted by molar-refractivity contribution is 7.92. The summed E-state index contributed by atoms with van der Waals surface area (Å²) in [6.45, 7) is 11.1. The van der Waals surface area contributed by atoms with E-state index in [4.69, 9.17) is 0 Å². The molecule has 0 spiro atoms. The molecule has 0 bridgehead atoms. The minimum atomic E-state index is -3.48. The minimum Gasteiger partial charge on any atom is -0.352 e. The van der Waals surface area contributed by atoms with Crippen LogP contribution in [0.3, 0.4) is 0 Å². The van der Waals surface area contributed by atoms with Gasteiger partial charge in [0.05, 0.1) is 5.75 Å². The molecule has 0 saturated heterocycles. The standard InChI is InChI=1S/C24H32F2N2O3S/c1-7-32(30,31)28-17-9-11-21(26)19(15-17)24(5,6)12-13-27-22(29)16-8-10-20(25)18(14-16)23(2,3)4/h8-11,14-15,28H,7,12-13H2,1-6H3,(H,27,29). The lowest BCUT2D eigenvalue weighted by molar-refractivity contribution is 0.0951. The van der Waals surface area contributed by atoms with E-state index in [1.807, 2.05) is 34.6 Å². The molecule has 0 fully saturated rings. The monoisotopic (exact) mass is 466 g/mol. The zero-order valence-electron chi connectivity index (χ0n) is 19.5. The normalized spacial score (nSPS) is 12.5. The lowest BCUT2D eigenvalue weighted by atomic mass is 9.81. The maximum absolute atomic E-state index is 14.5. The summed E-state index contributed by atoms with van der Waals surface area (Å²) >= 11 is 0. The third-order valence-electron chi connectivity index (χ3n) is 5.42. The first kappa shape index (κ1) is 25.8. The van der Waals surface area contributed by atoms with Gasteiger partial charge < -0.3 is 5.32 Å². The van der Waals surface area contributed by atoms with Gasteiger partial charge in [-0.1, -0.05) is 34.6 Å². The van der Waals surface area contributed by atoms with Gasteiger partial charge in [-0.15, -0.1) is 0 Å². The molecule has 0 aliphatic carbocycles. The van der Waals surface area contributed by atoms with E-state index in [2.05, 4.69) is 10.0 Å². The first-order valence-corrected chi connectivity index (χ1v) is 12.2. The second-order valence-corrected chi connectivity index (χ2v) is 11.5. The van der Waals surface area contributed by atoms with Crippen molar-refractivity contribution in [1.82, 2.24) is 5.32 Å². The molecular formula is C24H32F2N2O3S. The Morgan fingerprint density at radius 2 is 1.53 bits per heavy atom. The first-order chi connectivity index (χ1) is 14.7. The summed E-state index contributed by atoms with van der Waals surface area (Å²) in [6.07, 6.45) is 0.410. The summed E-state index contributed by atoms with van der Waals surface area (Å²) in [5.41, 5.74) is 0.339. The van der Waals surface area contributed by atoms with E-state index >= 15 is 0 Å². The van der Waals surface area contributed by atoms with Gasteiger partial charge in [-0.3, -0.25) is 9.52 Å². The van der Waals surface area contributed by atoms with Gasteiger partial charge in [0.2, 0.25) is 10.0 Å². The molecular weight excluding hydrogens is 434 g/mol. The number of anilines is 1. The lowest BCUT2D eigenvalue weighted by Crippen LogP contribution is -2.30. The third kappa shape index (κ3) is 6.51. The number of nitrogens with one attached hydrogen (secondary N) is 2. The second kappa shape index (κ2) is 9.57. The van der Waals surface area contributed by atoms with Gasteiger partial charge in [0.1, 0.15) is 11.6 Å². The first-order valence-electron chi connectivity index (χ1n) is 10.5. The van der Waals surface area contributed by atoms with E-state index in [1.165, 1.54) is 37.3 Å². The van der Waals surface area contributed by atoms with Crippen LogP contribution in [0.4, 0.5) is 14.5 Å². The molecule has 32 heavy (non-hydrogen) atoms. The molecule has 8 heteroatoms. The lowest BCUT2D eigenvalue weighted by Gasteiger charge is -2.27. The van der Waals surface area contributed by atoms with Crippen molar-refractivity contribution in [3.8, 4) is 0 Å². The van der Waals surface area contributed by atoms with E-state index in [9.17, 15) is 22.0 Å². The van der Waals surface area contributed by atoms with Crippen molar-refractivity contribution in [3.05, 3.63) is 64.7 Å². The van der Waals surface area contributed by atoms with Crippen molar-refractivity contribution in [2.75, 3.05) is 17.0 Å². The van der Waals surface area contributed by atoms with Crippen molar-refractivity contribution < 1.29 is 22.0 Å². The fraction of sp³-hybridized carbons (Fsp3) is 0.458. The molecule has 0 aliphatic heterocycles. The summed E-state index contributed by atoms with van der Waals surface area (Å²) in [4.78, 5) is 12.6. The van der Waals surface area contributed by atoms with E-state index < -0.39 is 26.7 Å². The summed E-state index contributed by atoms with van der Waals surface area (Å²) in [6, 6.07) is 8.38. The van der Waals surface area contributed by atoms with Gasteiger partial charge in [-0.05, 0) is 71.7 Å². The highest BCUT2D eigenvalue weighted by Gasteiger charge is 2.26. The Balaban J connectivity index is 2.12. The molecule has 0 radical (unpaired) electrons. The van der Waals surface area contributed by atoms with Crippen LogP contribution in [0, 0.1) is 11.6 Å². The molecule has 176 valence electrons. The molecule has 0 aliphatic rings. The second-order valence-electron chi connectivity index (χ2n) is 9.53.